The van der Waals surface area contributed by atoms with E-state index in [1.807, 2.05) is 20.8 Å². The van der Waals surface area contributed by atoms with E-state index in [1.54, 1.807) is 22.1 Å². The van der Waals surface area contributed by atoms with E-state index >= 15 is 0 Å². The summed E-state index contributed by atoms with van der Waals surface area (Å²) in [6.45, 7) is 6.25. The van der Waals surface area contributed by atoms with Crippen molar-refractivity contribution < 1.29 is 14.4 Å². The minimum atomic E-state index is -0.534. The van der Waals surface area contributed by atoms with Gasteiger partial charge in [-0.3, -0.25) is 0 Å². The average molecular weight is 283 g/mol. The van der Waals surface area contributed by atoms with Crippen molar-refractivity contribution >= 4 is 6.09 Å². The topological polar surface area (TPSA) is 95.5 Å². The van der Waals surface area contributed by atoms with Gasteiger partial charge in [0.05, 0.1) is 31.1 Å². The van der Waals surface area contributed by atoms with Crippen LogP contribution in [0, 0.1) is 0 Å². The van der Waals surface area contributed by atoms with E-state index in [1.165, 1.54) is 0 Å². The zero-order valence-electron chi connectivity index (χ0n) is 12.0. The van der Waals surface area contributed by atoms with E-state index in [4.69, 9.17) is 15.5 Å². The van der Waals surface area contributed by atoms with Gasteiger partial charge in [-0.15, -0.1) is 0 Å². The van der Waals surface area contributed by atoms with Crippen LogP contribution in [0.4, 0.5) is 4.79 Å². The van der Waals surface area contributed by atoms with Crippen LogP contribution < -0.4 is 5.90 Å². The number of nitrogens with two attached hydrogens (primary N) is 1. The van der Waals surface area contributed by atoms with Crippen molar-refractivity contribution in [2.45, 2.75) is 44.9 Å². The molecule has 1 fully saturated rings. The van der Waals surface area contributed by atoms with Crippen LogP contribution in [-0.2, 0) is 9.57 Å². The van der Waals surface area contributed by atoms with Crippen LogP contribution in [0.15, 0.2) is 12.4 Å². The summed E-state index contributed by atoms with van der Waals surface area (Å²) in [5.41, 5.74) is -0.534. The Hall–Kier alpha value is -1.67. The number of hydrogen-bond donors (Lipinski definition) is 1. The number of hydrogen-bond acceptors (Lipinski definition) is 6. The van der Waals surface area contributed by atoms with E-state index in [2.05, 4.69) is 10.2 Å². The quantitative estimate of drug-likeness (QED) is 0.821. The lowest BCUT2D eigenvalue weighted by molar-refractivity contribution is 0.0103. The molecule has 2 rings (SSSR count). The average Bonchev–Trinajstić information content (AvgIpc) is 2.94. The number of carbonyl (C=O) groups excluding carboxylic acids is 1. The SMILES string of the molecule is CC(C)(C)OC(=O)N1C[C@@H](n2nccn2)C[C@@H]1CON. The van der Waals surface area contributed by atoms with Crippen molar-refractivity contribution in [3.8, 4) is 0 Å². The normalized spacial score (nSPS) is 23.1. The van der Waals surface area contributed by atoms with Crippen molar-refractivity contribution in [3.63, 3.8) is 0 Å². The van der Waals surface area contributed by atoms with Gasteiger partial charge in [0.2, 0.25) is 0 Å². The molecule has 1 aromatic rings. The first kappa shape index (κ1) is 14.7. The predicted molar refractivity (Wildman–Crippen MR) is 70.5 cm³/mol. The zero-order chi connectivity index (χ0) is 14.8. The number of aromatic nitrogens is 3. The summed E-state index contributed by atoms with van der Waals surface area (Å²) in [5.74, 6) is 5.15. The molecule has 1 aromatic heterocycles. The molecule has 1 aliphatic heterocycles. The molecule has 8 nitrogen and oxygen atoms in total. The first-order chi connectivity index (χ1) is 9.40. The van der Waals surface area contributed by atoms with E-state index in [0.29, 0.717) is 13.0 Å². The Kier molecular flexibility index (Phi) is 4.24. The molecule has 1 aliphatic rings. The third-order valence-electron chi connectivity index (χ3n) is 3.07. The smallest absolute Gasteiger partial charge is 0.410 e. The number of ether oxygens (including phenoxy) is 1. The highest BCUT2D eigenvalue weighted by Crippen LogP contribution is 2.27. The van der Waals surface area contributed by atoms with Crippen LogP contribution in [0.25, 0.3) is 0 Å². The van der Waals surface area contributed by atoms with Gasteiger partial charge in [0.25, 0.3) is 0 Å². The Morgan fingerprint density at radius 1 is 1.40 bits per heavy atom. The maximum Gasteiger partial charge on any atom is 0.410 e. The maximum absolute atomic E-state index is 12.2. The van der Waals surface area contributed by atoms with Crippen molar-refractivity contribution in [1.29, 1.82) is 0 Å². The lowest BCUT2D eigenvalue weighted by Gasteiger charge is -2.27. The fraction of sp³-hybridized carbons (Fsp3) is 0.750. The first-order valence-corrected chi connectivity index (χ1v) is 6.58. The van der Waals surface area contributed by atoms with Gasteiger partial charge in [0, 0.05) is 6.54 Å². The monoisotopic (exact) mass is 283 g/mol. The first-order valence-electron chi connectivity index (χ1n) is 6.58. The number of carbonyl (C=O) groups is 1. The van der Waals surface area contributed by atoms with Crippen molar-refractivity contribution in [2.75, 3.05) is 13.2 Å². The molecule has 20 heavy (non-hydrogen) atoms. The summed E-state index contributed by atoms with van der Waals surface area (Å²) >= 11 is 0. The van der Waals surface area contributed by atoms with E-state index in [-0.39, 0.29) is 24.8 Å². The number of amides is 1. The minimum absolute atomic E-state index is 0.0117. The van der Waals surface area contributed by atoms with Gasteiger partial charge in [-0.05, 0) is 27.2 Å². The Morgan fingerprint density at radius 2 is 2.05 bits per heavy atom. The van der Waals surface area contributed by atoms with Gasteiger partial charge in [-0.1, -0.05) is 0 Å². The maximum atomic E-state index is 12.2. The second-order valence-electron chi connectivity index (χ2n) is 5.86. The summed E-state index contributed by atoms with van der Waals surface area (Å²) in [5, 5.41) is 8.23. The van der Waals surface area contributed by atoms with Crippen LogP contribution in [0.2, 0.25) is 0 Å². The molecule has 0 bridgehead atoms. The van der Waals surface area contributed by atoms with Crippen LogP contribution in [0.1, 0.15) is 33.2 Å². The molecule has 1 amide bonds. The lowest BCUT2D eigenvalue weighted by Crippen LogP contribution is -2.42. The van der Waals surface area contributed by atoms with Gasteiger partial charge in [0.15, 0.2) is 0 Å². The predicted octanol–water partition coefficient (Wildman–Crippen LogP) is 0.719. The second-order valence-corrected chi connectivity index (χ2v) is 5.86. The highest BCUT2D eigenvalue weighted by Gasteiger charge is 2.39. The van der Waals surface area contributed by atoms with Gasteiger partial charge < -0.3 is 14.5 Å². The van der Waals surface area contributed by atoms with Crippen LogP contribution in [-0.4, -0.2) is 50.8 Å². The Bertz CT molecular complexity index is 442. The van der Waals surface area contributed by atoms with Crippen molar-refractivity contribution in [3.05, 3.63) is 12.4 Å². The van der Waals surface area contributed by atoms with Crippen LogP contribution >= 0.6 is 0 Å². The third kappa shape index (κ3) is 3.45. The number of nitrogens with zero attached hydrogens (tertiary/aromatic N) is 4. The summed E-state index contributed by atoms with van der Waals surface area (Å²) < 4.78 is 5.40. The molecule has 0 unspecified atom stereocenters. The minimum Gasteiger partial charge on any atom is -0.444 e. The molecule has 112 valence electrons. The van der Waals surface area contributed by atoms with Crippen LogP contribution in [0.5, 0.6) is 0 Å². The molecule has 2 N–H and O–H groups in total. The Labute approximate surface area is 117 Å². The van der Waals surface area contributed by atoms with Crippen molar-refractivity contribution in [2.24, 2.45) is 5.90 Å². The van der Waals surface area contributed by atoms with Gasteiger partial charge in [-0.25, -0.2) is 10.7 Å². The van der Waals surface area contributed by atoms with Gasteiger partial charge in [0.1, 0.15) is 5.60 Å². The van der Waals surface area contributed by atoms with E-state index < -0.39 is 5.60 Å². The molecule has 0 radical (unpaired) electrons. The molecule has 0 saturated carbocycles. The zero-order valence-corrected chi connectivity index (χ0v) is 12.0. The molecule has 2 heterocycles. The van der Waals surface area contributed by atoms with E-state index in [0.717, 1.165) is 0 Å². The lowest BCUT2D eigenvalue weighted by atomic mass is 10.2. The summed E-state index contributed by atoms with van der Waals surface area (Å²) in [7, 11) is 0. The number of rotatable bonds is 3. The molecule has 2 atom stereocenters. The van der Waals surface area contributed by atoms with Crippen LogP contribution in [0.3, 0.4) is 0 Å². The molecule has 1 saturated heterocycles. The highest BCUT2D eigenvalue weighted by atomic mass is 16.6. The third-order valence-corrected chi connectivity index (χ3v) is 3.07. The molecular weight excluding hydrogens is 262 g/mol. The molecular formula is C12H21N5O3. The molecule has 8 heteroatoms. The van der Waals surface area contributed by atoms with Gasteiger partial charge in [-0.2, -0.15) is 15.0 Å². The summed E-state index contributed by atoms with van der Waals surface area (Å²) in [6.07, 6.45) is 3.55. The fourth-order valence-electron chi connectivity index (χ4n) is 2.29. The molecule has 0 aromatic carbocycles. The largest absolute Gasteiger partial charge is 0.444 e. The molecule has 0 spiro atoms. The fourth-order valence-corrected chi connectivity index (χ4v) is 2.29. The molecule has 0 aliphatic carbocycles. The number of likely N-dealkylation sites (tertiary alicyclic amines) is 1. The summed E-state index contributed by atoms with van der Waals surface area (Å²) in [4.78, 5) is 20.2. The highest BCUT2D eigenvalue weighted by molar-refractivity contribution is 5.69. The van der Waals surface area contributed by atoms with Crippen molar-refractivity contribution in [1.82, 2.24) is 19.9 Å². The standard InChI is InChI=1S/C12H21N5O3/c1-12(2,3)20-11(18)16-7-9(6-10(16)8-19-13)17-14-4-5-15-17/h4-5,9-10H,6-8,13H2,1-3H3/t9-,10+/m0/s1. The Balaban J connectivity index is 2.07. The van der Waals surface area contributed by atoms with Gasteiger partial charge >= 0.3 is 6.09 Å². The summed E-state index contributed by atoms with van der Waals surface area (Å²) in [6, 6.07) is -0.122. The Morgan fingerprint density at radius 3 is 2.60 bits per heavy atom. The van der Waals surface area contributed by atoms with E-state index in [9.17, 15) is 4.79 Å². The second kappa shape index (κ2) is 5.76.